The summed E-state index contributed by atoms with van der Waals surface area (Å²) < 4.78 is 11.3. The minimum absolute atomic E-state index is 0.0557. The summed E-state index contributed by atoms with van der Waals surface area (Å²) in [6.45, 7) is 9.15. The molecule has 0 fully saturated rings. The zero-order valence-electron chi connectivity index (χ0n) is 14.8. The molecule has 6 heteroatoms. The normalized spacial score (nSPS) is 24.5. The second-order valence-electron chi connectivity index (χ2n) is 6.28. The van der Waals surface area contributed by atoms with Gasteiger partial charge in [0, 0.05) is 18.5 Å². The Bertz CT molecular complexity index is 444. The Kier molecular flexibility index (Phi) is 7.72. The van der Waals surface area contributed by atoms with Gasteiger partial charge in [0.25, 0.3) is 0 Å². The van der Waals surface area contributed by atoms with Crippen LogP contribution in [0, 0.1) is 0 Å². The van der Waals surface area contributed by atoms with Crippen LogP contribution in [0.2, 0.25) is 0 Å². The van der Waals surface area contributed by atoms with Crippen LogP contribution in [0.1, 0.15) is 53.9 Å². The highest BCUT2D eigenvalue weighted by molar-refractivity contribution is 5.89. The average Bonchev–Trinajstić information content (AvgIpc) is 2.46. The van der Waals surface area contributed by atoms with Gasteiger partial charge in [-0.2, -0.15) is 0 Å². The Balaban J connectivity index is 3.00. The third kappa shape index (κ3) is 5.95. The van der Waals surface area contributed by atoms with Crippen LogP contribution in [-0.2, 0) is 19.1 Å². The zero-order chi connectivity index (χ0) is 17.6. The first-order valence-corrected chi connectivity index (χ1v) is 8.38. The summed E-state index contributed by atoms with van der Waals surface area (Å²) in [6.07, 6.45) is 3.27. The van der Waals surface area contributed by atoms with Crippen molar-refractivity contribution in [1.29, 1.82) is 0 Å². The van der Waals surface area contributed by atoms with E-state index < -0.39 is 12.1 Å². The summed E-state index contributed by atoms with van der Waals surface area (Å²) >= 11 is 0. The fourth-order valence-electron chi connectivity index (χ4n) is 2.69. The summed E-state index contributed by atoms with van der Waals surface area (Å²) in [5.41, 5.74) is 6.71. The minimum Gasteiger partial charge on any atom is -0.460 e. The fraction of sp³-hybridized carbons (Fsp3) is 0.765. The summed E-state index contributed by atoms with van der Waals surface area (Å²) in [7, 11) is 0. The molecule has 0 heterocycles. The Morgan fingerprint density at radius 2 is 1.96 bits per heavy atom. The molecule has 0 aliphatic heterocycles. The van der Waals surface area contributed by atoms with Crippen molar-refractivity contribution in [3.05, 3.63) is 11.6 Å². The van der Waals surface area contributed by atoms with E-state index in [2.05, 4.69) is 5.32 Å². The molecular weight excluding hydrogens is 296 g/mol. The van der Waals surface area contributed by atoms with E-state index in [-0.39, 0.29) is 30.1 Å². The van der Waals surface area contributed by atoms with Gasteiger partial charge in [-0.3, -0.25) is 4.79 Å². The number of carbonyl (C=O) groups is 2. The van der Waals surface area contributed by atoms with Gasteiger partial charge in [-0.25, -0.2) is 4.79 Å². The maximum atomic E-state index is 12.2. The van der Waals surface area contributed by atoms with Crippen LogP contribution in [0.5, 0.6) is 0 Å². The molecule has 0 aromatic carbocycles. The number of rotatable bonds is 7. The highest BCUT2D eigenvalue weighted by Gasteiger charge is 2.36. The fourth-order valence-corrected chi connectivity index (χ4v) is 2.69. The Hall–Kier alpha value is -1.40. The Morgan fingerprint density at radius 3 is 2.43 bits per heavy atom. The van der Waals surface area contributed by atoms with Crippen molar-refractivity contribution in [3.8, 4) is 0 Å². The van der Waals surface area contributed by atoms with E-state index in [9.17, 15) is 9.59 Å². The molecule has 0 saturated carbocycles. The highest BCUT2D eigenvalue weighted by Crippen LogP contribution is 2.24. The average molecular weight is 326 g/mol. The molecule has 0 bridgehead atoms. The molecular formula is C17H30N2O4. The molecule has 3 N–H and O–H groups in total. The van der Waals surface area contributed by atoms with Crippen LogP contribution in [0.4, 0.5) is 0 Å². The van der Waals surface area contributed by atoms with Crippen molar-refractivity contribution in [1.82, 2.24) is 5.32 Å². The number of nitrogens with two attached hydrogens (primary N) is 1. The van der Waals surface area contributed by atoms with Crippen LogP contribution >= 0.6 is 0 Å². The first-order chi connectivity index (χ1) is 10.8. The third-order valence-electron chi connectivity index (χ3n) is 3.87. The molecule has 0 radical (unpaired) electrons. The van der Waals surface area contributed by atoms with Crippen LogP contribution in [0.15, 0.2) is 11.6 Å². The van der Waals surface area contributed by atoms with Gasteiger partial charge in [-0.05, 0) is 39.2 Å². The summed E-state index contributed by atoms with van der Waals surface area (Å²) in [5, 5.41) is 2.85. The molecule has 23 heavy (non-hydrogen) atoms. The second kappa shape index (κ2) is 9.03. The van der Waals surface area contributed by atoms with Gasteiger partial charge in [0.05, 0.1) is 24.4 Å². The van der Waals surface area contributed by atoms with Crippen LogP contribution in [-0.4, -0.2) is 42.3 Å². The van der Waals surface area contributed by atoms with E-state index in [1.807, 2.05) is 13.8 Å². The number of hydrogen-bond acceptors (Lipinski definition) is 5. The quantitative estimate of drug-likeness (QED) is 0.695. The second-order valence-corrected chi connectivity index (χ2v) is 6.28. The number of nitrogens with one attached hydrogen (secondary N) is 1. The smallest absolute Gasteiger partial charge is 0.334 e. The van der Waals surface area contributed by atoms with Crippen molar-refractivity contribution >= 4 is 11.9 Å². The molecule has 1 amide bonds. The zero-order valence-corrected chi connectivity index (χ0v) is 14.8. The van der Waals surface area contributed by atoms with Crippen molar-refractivity contribution < 1.29 is 19.1 Å². The maximum Gasteiger partial charge on any atom is 0.334 e. The van der Waals surface area contributed by atoms with E-state index in [0.29, 0.717) is 12.0 Å². The number of carbonyl (C=O) groups excluding carboxylic acids is 2. The highest BCUT2D eigenvalue weighted by atomic mass is 16.5. The SMILES string of the molecule is CCC(CC)OC1C=C(C(=O)OC(C)C)C[C@H](N)[C@H]1NC(C)=O. The van der Waals surface area contributed by atoms with Gasteiger partial charge in [0.2, 0.25) is 5.91 Å². The Morgan fingerprint density at radius 1 is 1.35 bits per heavy atom. The number of amides is 1. The number of esters is 1. The number of ether oxygens (including phenoxy) is 2. The van der Waals surface area contributed by atoms with Crippen molar-refractivity contribution in [2.75, 3.05) is 0 Å². The molecule has 3 atom stereocenters. The van der Waals surface area contributed by atoms with Gasteiger partial charge in [-0.15, -0.1) is 0 Å². The first-order valence-electron chi connectivity index (χ1n) is 8.38. The topological polar surface area (TPSA) is 90.7 Å². The standard InChI is InChI=1S/C17H30N2O4/c1-6-13(7-2)23-15-9-12(17(21)22-10(3)4)8-14(18)16(15)19-11(5)20/h9-10,13-16H,6-8,18H2,1-5H3,(H,19,20)/t14-,15?,16+/m0/s1. The lowest BCUT2D eigenvalue weighted by molar-refractivity contribution is -0.143. The largest absolute Gasteiger partial charge is 0.460 e. The molecule has 1 rings (SSSR count). The molecule has 1 aliphatic carbocycles. The lowest BCUT2D eigenvalue weighted by Crippen LogP contribution is -2.57. The van der Waals surface area contributed by atoms with Gasteiger partial charge < -0.3 is 20.5 Å². The van der Waals surface area contributed by atoms with Gasteiger partial charge >= 0.3 is 5.97 Å². The molecule has 0 saturated heterocycles. The molecule has 1 aliphatic rings. The molecule has 0 spiro atoms. The number of hydrogen-bond donors (Lipinski definition) is 2. The summed E-state index contributed by atoms with van der Waals surface area (Å²) in [6, 6.07) is -0.735. The predicted octanol–water partition coefficient (Wildman–Crippen LogP) is 1.67. The van der Waals surface area contributed by atoms with E-state index >= 15 is 0 Å². The molecule has 0 aromatic heterocycles. The van der Waals surface area contributed by atoms with Gasteiger partial charge in [-0.1, -0.05) is 13.8 Å². The van der Waals surface area contributed by atoms with Crippen LogP contribution < -0.4 is 11.1 Å². The van der Waals surface area contributed by atoms with Crippen molar-refractivity contribution in [2.45, 2.75) is 84.3 Å². The summed E-state index contributed by atoms with van der Waals surface area (Å²) in [5.74, 6) is -0.528. The molecule has 1 unspecified atom stereocenters. The maximum absolute atomic E-state index is 12.2. The first kappa shape index (κ1) is 19.6. The van der Waals surface area contributed by atoms with E-state index in [4.69, 9.17) is 15.2 Å². The van der Waals surface area contributed by atoms with Crippen LogP contribution in [0.3, 0.4) is 0 Å². The van der Waals surface area contributed by atoms with E-state index in [1.165, 1.54) is 6.92 Å². The monoisotopic (exact) mass is 326 g/mol. The van der Waals surface area contributed by atoms with Crippen molar-refractivity contribution in [3.63, 3.8) is 0 Å². The molecule has 0 aromatic rings. The minimum atomic E-state index is -0.428. The predicted molar refractivity (Wildman–Crippen MR) is 88.8 cm³/mol. The summed E-state index contributed by atoms with van der Waals surface area (Å²) in [4.78, 5) is 23.6. The lowest BCUT2D eigenvalue weighted by Gasteiger charge is -2.36. The van der Waals surface area contributed by atoms with Gasteiger partial charge in [0.15, 0.2) is 0 Å². The third-order valence-corrected chi connectivity index (χ3v) is 3.87. The van der Waals surface area contributed by atoms with E-state index in [0.717, 1.165) is 12.8 Å². The molecule has 132 valence electrons. The molecule has 6 nitrogen and oxygen atoms in total. The Labute approximate surface area is 138 Å². The lowest BCUT2D eigenvalue weighted by atomic mass is 9.88. The van der Waals surface area contributed by atoms with E-state index in [1.54, 1.807) is 19.9 Å². The van der Waals surface area contributed by atoms with Crippen molar-refractivity contribution in [2.24, 2.45) is 5.73 Å². The van der Waals surface area contributed by atoms with Gasteiger partial charge in [0.1, 0.15) is 0 Å². The van der Waals surface area contributed by atoms with Crippen LogP contribution in [0.25, 0.3) is 0 Å².